The Labute approximate surface area is 224 Å². The van der Waals surface area contributed by atoms with Gasteiger partial charge in [0, 0.05) is 23.7 Å². The lowest BCUT2D eigenvalue weighted by molar-refractivity contribution is 0.0914. The minimum absolute atomic E-state index is 0.0963. The van der Waals surface area contributed by atoms with Crippen LogP contribution in [0.5, 0.6) is 11.5 Å². The smallest absolute Gasteiger partial charge is 0.273 e. The zero-order chi connectivity index (χ0) is 27.1. The van der Waals surface area contributed by atoms with Gasteiger partial charge in [-0.15, -0.1) is 0 Å². The van der Waals surface area contributed by atoms with Gasteiger partial charge >= 0.3 is 0 Å². The topological polar surface area (TPSA) is 111 Å². The Bertz CT molecular complexity index is 1330. The number of rotatable bonds is 11. The first-order chi connectivity index (χ1) is 18.4. The van der Waals surface area contributed by atoms with E-state index in [1.54, 1.807) is 44.6 Å². The highest BCUT2D eigenvalue weighted by Gasteiger charge is 2.27. The number of carbonyl (C=O) groups excluding carboxylic acids is 1. The predicted octanol–water partition coefficient (Wildman–Crippen LogP) is 4.50. The fraction of sp³-hybridized carbons (Fsp3) is 0.429. The molecule has 0 spiro atoms. The molecule has 0 radical (unpaired) electrons. The van der Waals surface area contributed by atoms with Crippen molar-refractivity contribution < 1.29 is 27.2 Å². The van der Waals surface area contributed by atoms with E-state index in [0.29, 0.717) is 24.3 Å². The molecule has 9 nitrogen and oxygen atoms in total. The van der Waals surface area contributed by atoms with Crippen LogP contribution < -0.4 is 14.8 Å². The summed E-state index contributed by atoms with van der Waals surface area (Å²) in [5.74, 6) is 1.59. The first-order valence-corrected chi connectivity index (χ1v) is 14.6. The van der Waals surface area contributed by atoms with E-state index in [-0.39, 0.29) is 28.3 Å². The summed E-state index contributed by atoms with van der Waals surface area (Å²) in [6, 6.07) is 13.6. The summed E-state index contributed by atoms with van der Waals surface area (Å²) in [7, 11) is -0.0393. The maximum Gasteiger partial charge on any atom is 0.273 e. The van der Waals surface area contributed by atoms with Crippen LogP contribution in [0.1, 0.15) is 54.7 Å². The molecule has 0 saturated carbocycles. The minimum Gasteiger partial charge on any atom is -0.497 e. The normalized spacial score (nSPS) is 15.1. The number of methoxy groups -OCH3 is 2. The quantitative estimate of drug-likeness (QED) is 0.378. The monoisotopic (exact) mass is 541 g/mol. The molecular formula is C28H35N3O6S. The van der Waals surface area contributed by atoms with Crippen molar-refractivity contribution in [2.24, 2.45) is 0 Å². The number of ether oxygens (including phenoxy) is 2. The molecular weight excluding hydrogens is 506 g/mol. The maximum absolute atomic E-state index is 13.1. The summed E-state index contributed by atoms with van der Waals surface area (Å²) in [6.07, 6.45) is 3.94. The molecule has 1 saturated heterocycles. The number of amides is 1. The molecule has 1 aliphatic heterocycles. The highest BCUT2D eigenvalue weighted by atomic mass is 32.2. The van der Waals surface area contributed by atoms with Crippen LogP contribution in [0.15, 0.2) is 57.9 Å². The standard InChI is InChI=1S/C28H35N3O6S/c1-4-16-38(33,34)22-11-8-20(9-12-22)27-18-24(30-37-27)28(32)29-19-25(31-14-6-5-7-15-31)23-17-21(35-2)10-13-26(23)36-3/h8-13,17-18,25H,4-7,14-16,19H2,1-3H3,(H,29,32). The third-order valence-corrected chi connectivity index (χ3v) is 8.73. The Morgan fingerprint density at radius 2 is 1.79 bits per heavy atom. The van der Waals surface area contributed by atoms with Gasteiger partial charge in [0.2, 0.25) is 0 Å². The fourth-order valence-electron chi connectivity index (χ4n) is 4.78. The van der Waals surface area contributed by atoms with Crippen molar-refractivity contribution >= 4 is 15.7 Å². The SMILES string of the molecule is CCCS(=O)(=O)c1ccc(-c2cc(C(=O)NCC(c3cc(OC)ccc3OC)N3CCCCC3)no2)cc1. The van der Waals surface area contributed by atoms with Gasteiger partial charge in [-0.3, -0.25) is 9.69 Å². The summed E-state index contributed by atoms with van der Waals surface area (Å²) in [5.41, 5.74) is 1.74. The molecule has 1 N–H and O–H groups in total. The van der Waals surface area contributed by atoms with Gasteiger partial charge in [-0.1, -0.05) is 18.5 Å². The lowest BCUT2D eigenvalue weighted by Crippen LogP contribution is -2.40. The zero-order valence-corrected chi connectivity index (χ0v) is 22.9. The summed E-state index contributed by atoms with van der Waals surface area (Å²) in [5, 5.41) is 6.97. The maximum atomic E-state index is 13.1. The lowest BCUT2D eigenvalue weighted by Gasteiger charge is -2.35. The van der Waals surface area contributed by atoms with Crippen LogP contribution in [0, 0.1) is 0 Å². The number of benzene rings is 2. The van der Waals surface area contributed by atoms with Crippen LogP contribution >= 0.6 is 0 Å². The molecule has 0 bridgehead atoms. The van der Waals surface area contributed by atoms with Crippen LogP contribution in [-0.4, -0.2) is 64.0 Å². The van der Waals surface area contributed by atoms with Gasteiger partial charge in [-0.05, 0) is 74.8 Å². The average Bonchev–Trinajstić information content (AvgIpc) is 3.44. The second kappa shape index (κ2) is 12.4. The molecule has 1 aliphatic rings. The van der Waals surface area contributed by atoms with Crippen molar-refractivity contribution in [1.29, 1.82) is 0 Å². The second-order valence-electron chi connectivity index (χ2n) is 9.35. The number of hydrogen-bond acceptors (Lipinski definition) is 8. The van der Waals surface area contributed by atoms with E-state index in [2.05, 4.69) is 15.4 Å². The van der Waals surface area contributed by atoms with Gasteiger partial charge in [0.15, 0.2) is 21.3 Å². The molecule has 0 aliphatic carbocycles. The van der Waals surface area contributed by atoms with Crippen LogP contribution in [0.25, 0.3) is 11.3 Å². The zero-order valence-electron chi connectivity index (χ0n) is 22.1. The summed E-state index contributed by atoms with van der Waals surface area (Å²) in [4.78, 5) is 15.7. The van der Waals surface area contributed by atoms with E-state index in [1.807, 2.05) is 25.1 Å². The molecule has 2 aromatic carbocycles. The number of aromatic nitrogens is 1. The lowest BCUT2D eigenvalue weighted by atomic mass is 10.00. The fourth-order valence-corrected chi connectivity index (χ4v) is 6.10. The highest BCUT2D eigenvalue weighted by Crippen LogP contribution is 2.34. The molecule has 1 atom stereocenters. The number of sulfone groups is 1. The van der Waals surface area contributed by atoms with Crippen LogP contribution in [0.2, 0.25) is 0 Å². The van der Waals surface area contributed by atoms with Crippen molar-refractivity contribution in [3.8, 4) is 22.8 Å². The van der Waals surface area contributed by atoms with Gasteiger partial charge in [-0.2, -0.15) is 0 Å². The van der Waals surface area contributed by atoms with Gasteiger partial charge in [0.05, 0.1) is 30.9 Å². The van der Waals surface area contributed by atoms with Crippen LogP contribution in [-0.2, 0) is 9.84 Å². The van der Waals surface area contributed by atoms with Crippen LogP contribution in [0.4, 0.5) is 0 Å². The Morgan fingerprint density at radius 3 is 2.45 bits per heavy atom. The molecule has 1 aromatic heterocycles. The molecule has 204 valence electrons. The molecule has 1 fully saturated rings. The van der Waals surface area contributed by atoms with E-state index in [0.717, 1.165) is 43.0 Å². The number of nitrogens with zero attached hydrogens (tertiary/aromatic N) is 2. The molecule has 38 heavy (non-hydrogen) atoms. The number of carbonyl (C=O) groups is 1. The number of piperidine rings is 1. The first kappa shape index (κ1) is 27.7. The predicted molar refractivity (Wildman–Crippen MR) is 144 cm³/mol. The largest absolute Gasteiger partial charge is 0.497 e. The third-order valence-electron chi connectivity index (χ3n) is 6.80. The highest BCUT2D eigenvalue weighted by molar-refractivity contribution is 7.91. The van der Waals surface area contributed by atoms with Crippen molar-refractivity contribution in [2.45, 2.75) is 43.5 Å². The third kappa shape index (κ3) is 6.36. The number of hydrogen-bond donors (Lipinski definition) is 1. The Hall–Kier alpha value is -3.37. The van der Waals surface area contributed by atoms with Gasteiger partial charge in [0.1, 0.15) is 11.5 Å². The first-order valence-electron chi connectivity index (χ1n) is 12.9. The van der Waals surface area contributed by atoms with Crippen molar-refractivity contribution in [3.63, 3.8) is 0 Å². The summed E-state index contributed by atoms with van der Waals surface area (Å²) < 4.78 is 41.1. The molecule has 10 heteroatoms. The minimum atomic E-state index is -3.31. The van der Waals surface area contributed by atoms with Crippen molar-refractivity contribution in [3.05, 3.63) is 59.8 Å². The Morgan fingerprint density at radius 1 is 1.05 bits per heavy atom. The second-order valence-corrected chi connectivity index (χ2v) is 11.5. The van der Waals surface area contributed by atoms with Gasteiger partial charge in [-0.25, -0.2) is 8.42 Å². The van der Waals surface area contributed by atoms with E-state index >= 15 is 0 Å². The number of nitrogens with one attached hydrogen (secondary N) is 1. The summed E-state index contributed by atoms with van der Waals surface area (Å²) in [6.45, 7) is 4.04. The van der Waals surface area contributed by atoms with E-state index in [1.165, 1.54) is 6.42 Å². The molecule has 3 aromatic rings. The van der Waals surface area contributed by atoms with Gasteiger partial charge < -0.3 is 19.3 Å². The summed E-state index contributed by atoms with van der Waals surface area (Å²) >= 11 is 0. The molecule has 2 heterocycles. The molecule has 1 unspecified atom stereocenters. The molecule has 1 amide bonds. The van der Waals surface area contributed by atoms with Crippen LogP contribution in [0.3, 0.4) is 0 Å². The number of likely N-dealkylation sites (tertiary alicyclic amines) is 1. The van der Waals surface area contributed by atoms with Crippen molar-refractivity contribution in [1.82, 2.24) is 15.4 Å². The van der Waals surface area contributed by atoms with Gasteiger partial charge in [0.25, 0.3) is 5.91 Å². The van der Waals surface area contributed by atoms with E-state index in [4.69, 9.17) is 14.0 Å². The molecule has 4 rings (SSSR count). The van der Waals surface area contributed by atoms with E-state index < -0.39 is 9.84 Å². The average molecular weight is 542 g/mol. The Balaban J connectivity index is 1.50. The van der Waals surface area contributed by atoms with E-state index in [9.17, 15) is 13.2 Å². The van der Waals surface area contributed by atoms with Crippen molar-refractivity contribution in [2.75, 3.05) is 39.6 Å². The Kier molecular flexibility index (Phi) is 9.06.